The van der Waals surface area contributed by atoms with E-state index in [0.717, 1.165) is 12.8 Å². The predicted octanol–water partition coefficient (Wildman–Crippen LogP) is 0.959. The molecule has 0 spiro atoms. The molecule has 3 rings (SSSR count). The third-order valence-corrected chi connectivity index (χ3v) is 4.92. The van der Waals surface area contributed by atoms with E-state index in [4.69, 9.17) is 0 Å². The molecule has 2 heterocycles. The second-order valence-corrected chi connectivity index (χ2v) is 6.70. The second kappa shape index (κ2) is 8.14. The van der Waals surface area contributed by atoms with E-state index < -0.39 is 0 Å². The minimum absolute atomic E-state index is 0.00978. The first-order chi connectivity index (χ1) is 12.1. The minimum atomic E-state index is -0.382. The number of benzene rings is 1. The number of nitrogens with zero attached hydrogens (tertiary/aromatic N) is 2. The SMILES string of the molecule is O=C1CCC(C(=O)N2CCCN(C(=O)CCc3ccccc3)CC2)N1. The lowest BCUT2D eigenvalue weighted by Gasteiger charge is -2.24. The molecule has 2 aliphatic rings. The van der Waals surface area contributed by atoms with Crippen LogP contribution in [0.15, 0.2) is 30.3 Å². The summed E-state index contributed by atoms with van der Waals surface area (Å²) in [5.41, 5.74) is 1.17. The zero-order valence-corrected chi connectivity index (χ0v) is 14.4. The Morgan fingerprint density at radius 2 is 1.76 bits per heavy atom. The first kappa shape index (κ1) is 17.5. The molecule has 3 amide bonds. The largest absolute Gasteiger partial charge is 0.344 e. The van der Waals surface area contributed by atoms with Gasteiger partial charge < -0.3 is 15.1 Å². The number of nitrogens with one attached hydrogen (secondary N) is 1. The second-order valence-electron chi connectivity index (χ2n) is 6.70. The highest BCUT2D eigenvalue weighted by Crippen LogP contribution is 2.13. The average Bonchev–Trinajstić information content (AvgIpc) is 2.92. The molecular weight excluding hydrogens is 318 g/mol. The van der Waals surface area contributed by atoms with Gasteiger partial charge in [-0.05, 0) is 24.8 Å². The van der Waals surface area contributed by atoms with Crippen molar-refractivity contribution in [1.29, 1.82) is 0 Å². The molecule has 1 aromatic rings. The molecule has 0 bridgehead atoms. The number of hydrogen-bond acceptors (Lipinski definition) is 3. The van der Waals surface area contributed by atoms with Crippen LogP contribution in [-0.2, 0) is 20.8 Å². The molecule has 0 saturated carbocycles. The van der Waals surface area contributed by atoms with Crippen molar-refractivity contribution in [3.63, 3.8) is 0 Å². The van der Waals surface area contributed by atoms with Gasteiger partial charge in [-0.2, -0.15) is 0 Å². The molecule has 1 aromatic carbocycles. The number of hydrogen-bond donors (Lipinski definition) is 1. The standard InChI is InChI=1S/C19H25N3O3/c23-17-9-8-16(20-17)19(25)22-12-4-11-21(13-14-22)18(24)10-7-15-5-2-1-3-6-15/h1-3,5-6,16H,4,7-14H2,(H,20,23). The molecule has 2 aliphatic heterocycles. The van der Waals surface area contributed by atoms with E-state index in [1.165, 1.54) is 5.56 Å². The van der Waals surface area contributed by atoms with Gasteiger partial charge in [0.25, 0.3) is 0 Å². The average molecular weight is 343 g/mol. The van der Waals surface area contributed by atoms with Gasteiger partial charge in [0.15, 0.2) is 0 Å². The monoisotopic (exact) mass is 343 g/mol. The van der Waals surface area contributed by atoms with E-state index in [2.05, 4.69) is 5.32 Å². The van der Waals surface area contributed by atoms with E-state index in [1.54, 1.807) is 4.90 Å². The van der Waals surface area contributed by atoms with Gasteiger partial charge in [0.05, 0.1) is 0 Å². The lowest BCUT2D eigenvalue weighted by Crippen LogP contribution is -2.46. The lowest BCUT2D eigenvalue weighted by molar-refractivity contribution is -0.135. The van der Waals surface area contributed by atoms with Gasteiger partial charge in [-0.15, -0.1) is 0 Å². The van der Waals surface area contributed by atoms with Gasteiger partial charge in [0.1, 0.15) is 6.04 Å². The summed E-state index contributed by atoms with van der Waals surface area (Å²) in [7, 11) is 0. The molecule has 1 N–H and O–H groups in total. The van der Waals surface area contributed by atoms with Crippen LogP contribution in [0.25, 0.3) is 0 Å². The molecule has 134 valence electrons. The van der Waals surface area contributed by atoms with E-state index in [9.17, 15) is 14.4 Å². The molecule has 25 heavy (non-hydrogen) atoms. The fourth-order valence-corrected chi connectivity index (χ4v) is 3.46. The summed E-state index contributed by atoms with van der Waals surface area (Å²) in [5.74, 6) is 0.0858. The van der Waals surface area contributed by atoms with Crippen LogP contribution < -0.4 is 5.32 Å². The zero-order chi connectivity index (χ0) is 17.6. The normalized spacial score (nSPS) is 21.0. The van der Waals surface area contributed by atoms with Gasteiger partial charge in [-0.3, -0.25) is 14.4 Å². The van der Waals surface area contributed by atoms with Crippen LogP contribution in [0.4, 0.5) is 0 Å². The number of aryl methyl sites for hydroxylation is 1. The van der Waals surface area contributed by atoms with E-state index in [-0.39, 0.29) is 23.8 Å². The quantitative estimate of drug-likeness (QED) is 0.885. The van der Waals surface area contributed by atoms with Crippen LogP contribution in [0.1, 0.15) is 31.2 Å². The highest BCUT2D eigenvalue weighted by atomic mass is 16.2. The van der Waals surface area contributed by atoms with Gasteiger partial charge in [-0.1, -0.05) is 30.3 Å². The van der Waals surface area contributed by atoms with Crippen molar-refractivity contribution >= 4 is 17.7 Å². The molecular formula is C19H25N3O3. The van der Waals surface area contributed by atoms with Gasteiger partial charge in [0, 0.05) is 39.0 Å². The van der Waals surface area contributed by atoms with Crippen molar-refractivity contribution in [3.05, 3.63) is 35.9 Å². The molecule has 0 aliphatic carbocycles. The number of amides is 3. The number of carbonyl (C=O) groups excluding carboxylic acids is 3. The van der Waals surface area contributed by atoms with Crippen molar-refractivity contribution in [2.75, 3.05) is 26.2 Å². The summed E-state index contributed by atoms with van der Waals surface area (Å²) in [5, 5.41) is 2.73. The highest BCUT2D eigenvalue weighted by Gasteiger charge is 2.31. The lowest BCUT2D eigenvalue weighted by atomic mass is 10.1. The van der Waals surface area contributed by atoms with Gasteiger partial charge in [-0.25, -0.2) is 0 Å². The van der Waals surface area contributed by atoms with Crippen LogP contribution in [-0.4, -0.2) is 59.7 Å². The maximum atomic E-state index is 12.5. The van der Waals surface area contributed by atoms with Crippen LogP contribution in [0.2, 0.25) is 0 Å². The Morgan fingerprint density at radius 3 is 2.48 bits per heavy atom. The third kappa shape index (κ3) is 4.59. The van der Waals surface area contributed by atoms with Crippen LogP contribution in [0, 0.1) is 0 Å². The molecule has 0 aromatic heterocycles. The summed E-state index contributed by atoms with van der Waals surface area (Å²) in [6.07, 6.45) is 3.02. The van der Waals surface area contributed by atoms with Crippen molar-refractivity contribution in [3.8, 4) is 0 Å². The van der Waals surface area contributed by atoms with Crippen molar-refractivity contribution < 1.29 is 14.4 Å². The van der Waals surface area contributed by atoms with Crippen LogP contribution in [0.3, 0.4) is 0 Å². The van der Waals surface area contributed by atoms with Crippen LogP contribution in [0.5, 0.6) is 0 Å². The smallest absolute Gasteiger partial charge is 0.245 e. The van der Waals surface area contributed by atoms with Crippen molar-refractivity contribution in [2.24, 2.45) is 0 Å². The Kier molecular flexibility index (Phi) is 5.68. The van der Waals surface area contributed by atoms with E-state index in [0.29, 0.717) is 45.4 Å². The highest BCUT2D eigenvalue weighted by molar-refractivity contribution is 5.90. The fourth-order valence-electron chi connectivity index (χ4n) is 3.46. The molecule has 6 nitrogen and oxygen atoms in total. The number of rotatable bonds is 4. The maximum Gasteiger partial charge on any atom is 0.245 e. The topological polar surface area (TPSA) is 69.7 Å². The maximum absolute atomic E-state index is 12.5. The molecule has 0 radical (unpaired) electrons. The first-order valence-corrected chi connectivity index (χ1v) is 9.03. The summed E-state index contributed by atoms with van der Waals surface area (Å²) >= 11 is 0. The summed E-state index contributed by atoms with van der Waals surface area (Å²) in [6, 6.07) is 9.62. The minimum Gasteiger partial charge on any atom is -0.344 e. The van der Waals surface area contributed by atoms with E-state index in [1.807, 2.05) is 35.2 Å². The summed E-state index contributed by atoms with van der Waals surface area (Å²) < 4.78 is 0. The predicted molar refractivity (Wildman–Crippen MR) is 93.7 cm³/mol. The third-order valence-electron chi connectivity index (χ3n) is 4.92. The van der Waals surface area contributed by atoms with Crippen LogP contribution >= 0.6 is 0 Å². The fraction of sp³-hybridized carbons (Fsp3) is 0.526. The Hall–Kier alpha value is -2.37. The molecule has 1 atom stereocenters. The van der Waals surface area contributed by atoms with Crippen molar-refractivity contribution in [2.45, 2.75) is 38.1 Å². The van der Waals surface area contributed by atoms with Gasteiger partial charge in [0.2, 0.25) is 17.7 Å². The summed E-state index contributed by atoms with van der Waals surface area (Å²) in [6.45, 7) is 2.45. The molecule has 2 saturated heterocycles. The Morgan fingerprint density at radius 1 is 1.04 bits per heavy atom. The van der Waals surface area contributed by atoms with E-state index >= 15 is 0 Å². The molecule has 1 unspecified atom stereocenters. The zero-order valence-electron chi connectivity index (χ0n) is 14.4. The number of carbonyl (C=O) groups is 3. The van der Waals surface area contributed by atoms with Gasteiger partial charge >= 0.3 is 0 Å². The molecule has 6 heteroatoms. The molecule has 2 fully saturated rings. The first-order valence-electron chi connectivity index (χ1n) is 9.03. The van der Waals surface area contributed by atoms with Crippen molar-refractivity contribution in [1.82, 2.24) is 15.1 Å². The Labute approximate surface area is 148 Å². The Bertz CT molecular complexity index is 632. The summed E-state index contributed by atoms with van der Waals surface area (Å²) in [4.78, 5) is 39.9. The Balaban J connectivity index is 1.48.